The summed E-state index contributed by atoms with van der Waals surface area (Å²) in [6, 6.07) is 19.8. The number of nitrogens with one attached hydrogen (secondary N) is 1. The van der Waals surface area contributed by atoms with E-state index in [-0.39, 0.29) is 11.1 Å². The van der Waals surface area contributed by atoms with E-state index in [1.54, 1.807) is 29.7 Å². The van der Waals surface area contributed by atoms with Crippen molar-refractivity contribution in [1.82, 2.24) is 29.1 Å². The molecule has 14 heteroatoms. The second-order valence-electron chi connectivity index (χ2n) is 12.4. The van der Waals surface area contributed by atoms with E-state index >= 15 is 0 Å². The number of aromatic nitrogens is 6. The zero-order valence-corrected chi connectivity index (χ0v) is 27.8. The Labute approximate surface area is 286 Å². The van der Waals surface area contributed by atoms with Crippen molar-refractivity contribution in [3.63, 3.8) is 0 Å². The first-order valence-electron chi connectivity index (χ1n) is 16.3. The number of nitrogens with zero attached hydrogens (tertiary/aromatic N) is 8. The zero-order valence-electron chi connectivity index (χ0n) is 27.0. The van der Waals surface area contributed by atoms with Gasteiger partial charge in [-0.1, -0.05) is 18.2 Å². The molecule has 3 atom stereocenters. The van der Waals surface area contributed by atoms with Crippen LogP contribution in [0.3, 0.4) is 0 Å². The summed E-state index contributed by atoms with van der Waals surface area (Å²) >= 11 is 1.68. The normalized spacial score (nSPS) is 20.1. The summed E-state index contributed by atoms with van der Waals surface area (Å²) < 4.78 is 39.7. The van der Waals surface area contributed by atoms with Crippen molar-refractivity contribution < 1.29 is 13.5 Å². The fourth-order valence-corrected chi connectivity index (χ4v) is 7.66. The van der Waals surface area contributed by atoms with Gasteiger partial charge in [0.2, 0.25) is 0 Å². The van der Waals surface area contributed by atoms with Gasteiger partial charge in [-0.15, -0.1) is 11.8 Å². The first-order valence-corrected chi connectivity index (χ1v) is 17.3. The van der Waals surface area contributed by atoms with Crippen LogP contribution in [0, 0.1) is 17.0 Å². The molecule has 5 aromatic rings. The van der Waals surface area contributed by atoms with Crippen LogP contribution in [-0.2, 0) is 22.6 Å². The summed E-state index contributed by atoms with van der Waals surface area (Å²) in [6.07, 6.45) is 7.02. The van der Waals surface area contributed by atoms with Gasteiger partial charge >= 0.3 is 5.69 Å². The first-order chi connectivity index (χ1) is 23.8. The molecule has 0 aliphatic carbocycles. The van der Waals surface area contributed by atoms with Gasteiger partial charge in [0, 0.05) is 61.2 Å². The minimum atomic E-state index is -0.957. The lowest BCUT2D eigenvalue weighted by atomic mass is 9.90. The number of hydrogen-bond donors (Lipinski definition) is 1. The highest BCUT2D eigenvalue weighted by Gasteiger charge is 2.44. The summed E-state index contributed by atoms with van der Waals surface area (Å²) in [5.74, 6) is -0.490. The average Bonchev–Trinajstić information content (AvgIpc) is 3.88. The van der Waals surface area contributed by atoms with Crippen molar-refractivity contribution in [2.75, 3.05) is 36.0 Å². The van der Waals surface area contributed by atoms with Crippen molar-refractivity contribution >= 4 is 29.4 Å². The minimum Gasteiger partial charge on any atom is -0.368 e. The predicted molar refractivity (Wildman–Crippen MR) is 186 cm³/mol. The van der Waals surface area contributed by atoms with Gasteiger partial charge in [0.15, 0.2) is 0 Å². The van der Waals surface area contributed by atoms with E-state index in [9.17, 15) is 13.6 Å². The largest absolute Gasteiger partial charge is 0.368 e. The maximum absolute atomic E-state index is 15.0. The third-order valence-corrected chi connectivity index (χ3v) is 10.5. The van der Waals surface area contributed by atoms with E-state index in [2.05, 4.69) is 49.2 Å². The molecule has 7 rings (SSSR count). The molecule has 0 radical (unpaired) electrons. The van der Waals surface area contributed by atoms with Crippen LogP contribution >= 0.6 is 11.8 Å². The van der Waals surface area contributed by atoms with Gasteiger partial charge in [0.1, 0.15) is 41.7 Å². The van der Waals surface area contributed by atoms with Gasteiger partial charge in [-0.3, -0.25) is 0 Å². The Morgan fingerprint density at radius 1 is 0.959 bits per heavy atom. The molecule has 2 aliphatic rings. The molecule has 254 valence electrons. The van der Waals surface area contributed by atoms with Crippen LogP contribution < -0.4 is 15.5 Å². The van der Waals surface area contributed by atoms with Crippen molar-refractivity contribution in [3.8, 4) is 5.69 Å². The van der Waals surface area contributed by atoms with Crippen LogP contribution in [0.25, 0.3) is 5.69 Å². The molecule has 4 heterocycles. The number of piperazine rings is 1. The Kier molecular flexibility index (Phi) is 9.32. The van der Waals surface area contributed by atoms with Crippen LogP contribution in [0.5, 0.6) is 0 Å². The molecule has 0 amide bonds. The molecule has 0 spiro atoms. The van der Waals surface area contributed by atoms with E-state index in [1.165, 1.54) is 51.5 Å². The van der Waals surface area contributed by atoms with Gasteiger partial charge in [-0.25, -0.2) is 32.5 Å². The molecule has 1 N–H and O–H groups in total. The quantitative estimate of drug-likeness (QED) is 0.184. The molecule has 2 unspecified atom stereocenters. The third kappa shape index (κ3) is 6.88. The topological polar surface area (TPSA) is 110 Å². The molecule has 2 saturated heterocycles. The summed E-state index contributed by atoms with van der Waals surface area (Å²) in [7, 11) is 0. The predicted octanol–water partition coefficient (Wildman–Crippen LogP) is 5.41. The molecule has 0 saturated carbocycles. The number of ether oxygens (including phenoxy) is 1. The second kappa shape index (κ2) is 14.0. The van der Waals surface area contributed by atoms with Gasteiger partial charge < -0.3 is 19.9 Å². The molecule has 2 fully saturated rings. The van der Waals surface area contributed by atoms with E-state index in [0.717, 1.165) is 55.8 Å². The summed E-state index contributed by atoms with van der Waals surface area (Å²) in [5.41, 5.74) is 3.15. The van der Waals surface area contributed by atoms with Gasteiger partial charge in [0.05, 0.1) is 18.3 Å². The average molecular weight is 686 g/mol. The molecular formula is C35H37F2N9O2S. The monoisotopic (exact) mass is 685 g/mol. The molecule has 49 heavy (non-hydrogen) atoms. The molecular weight excluding hydrogens is 649 g/mol. The van der Waals surface area contributed by atoms with Gasteiger partial charge in [-0.2, -0.15) is 10.2 Å². The maximum atomic E-state index is 15.0. The third-order valence-electron chi connectivity index (χ3n) is 9.28. The number of rotatable bonds is 11. The van der Waals surface area contributed by atoms with Crippen LogP contribution in [0.2, 0.25) is 0 Å². The molecule has 0 bridgehead atoms. The van der Waals surface area contributed by atoms with Crippen molar-refractivity contribution in [1.29, 1.82) is 5.41 Å². The Bertz CT molecular complexity index is 1940. The number of halogens is 2. The smallest absolute Gasteiger partial charge is 0.350 e. The van der Waals surface area contributed by atoms with Crippen LogP contribution in [-0.4, -0.2) is 66.9 Å². The fourth-order valence-electron chi connectivity index (χ4n) is 6.56. The van der Waals surface area contributed by atoms with Crippen LogP contribution in [0.15, 0.2) is 90.5 Å². The lowest BCUT2D eigenvalue weighted by molar-refractivity contribution is -0.0317. The van der Waals surface area contributed by atoms with Crippen molar-refractivity contribution in [2.24, 2.45) is 0 Å². The highest BCUT2D eigenvalue weighted by molar-refractivity contribution is 7.99. The highest BCUT2D eigenvalue weighted by atomic mass is 32.2. The number of hydrogen-bond acceptors (Lipinski definition) is 9. The molecule has 2 aliphatic heterocycles. The Morgan fingerprint density at radius 2 is 1.63 bits per heavy atom. The van der Waals surface area contributed by atoms with Gasteiger partial charge in [0.25, 0.3) is 0 Å². The zero-order chi connectivity index (χ0) is 34.0. The van der Waals surface area contributed by atoms with E-state index in [4.69, 9.17) is 10.1 Å². The lowest BCUT2D eigenvalue weighted by Gasteiger charge is -2.37. The molecule has 2 aromatic heterocycles. The standard InChI is InChI=1S/C35H37F2N9O2S/c1-25(19-38)46-34(47)45(24-41-46)30-9-7-29(8-10-30)43-16-14-42(15-17-43)28-5-2-26(3-6-28)20-49-33-12-13-35(48-33,21-44-23-39-22-40-44)31-11-4-27(36)18-32(31)37/h2-11,18-19,22-25,33,38H,12-17,20-21H2,1H3/t25-,33?,35?/m1/s1. The SMILES string of the molecule is C[C@H](C=N)n1ncn(-c2ccc(N3CCN(c4ccc(CSC5CCC(Cn6cncn6)(c6ccc(F)cc6F)O5)cc4)CC3)cc2)c1=O. The lowest BCUT2D eigenvalue weighted by Crippen LogP contribution is -2.46. The summed E-state index contributed by atoms with van der Waals surface area (Å²) in [6.45, 7) is 5.55. The van der Waals surface area contributed by atoms with Crippen molar-refractivity contribution in [2.45, 2.75) is 49.1 Å². The number of anilines is 2. The van der Waals surface area contributed by atoms with E-state index < -0.39 is 23.3 Å². The van der Waals surface area contributed by atoms with Crippen LogP contribution in [0.4, 0.5) is 20.2 Å². The Morgan fingerprint density at radius 3 is 2.27 bits per heavy atom. The minimum absolute atomic E-state index is 0.149. The summed E-state index contributed by atoms with van der Waals surface area (Å²) in [5, 5.41) is 15.8. The Balaban J connectivity index is 0.927. The highest BCUT2D eigenvalue weighted by Crippen LogP contribution is 2.45. The summed E-state index contributed by atoms with van der Waals surface area (Å²) in [4.78, 5) is 21.4. The van der Waals surface area contributed by atoms with Crippen LogP contribution in [0.1, 0.15) is 36.9 Å². The fraction of sp³-hybridized carbons (Fsp3) is 0.343. The van der Waals surface area contributed by atoms with Gasteiger partial charge in [-0.05, 0) is 67.8 Å². The molecule has 3 aromatic carbocycles. The first kappa shape index (κ1) is 32.7. The number of benzene rings is 3. The number of thioether (sulfide) groups is 1. The van der Waals surface area contributed by atoms with E-state index in [0.29, 0.717) is 18.5 Å². The second-order valence-corrected chi connectivity index (χ2v) is 13.5. The van der Waals surface area contributed by atoms with Crippen molar-refractivity contribution in [3.05, 3.63) is 119 Å². The Hall–Kier alpha value is -4.82. The van der Waals surface area contributed by atoms with E-state index in [1.807, 2.05) is 24.3 Å². The molecule has 11 nitrogen and oxygen atoms in total. The maximum Gasteiger partial charge on any atom is 0.350 e.